The van der Waals surface area contributed by atoms with E-state index in [9.17, 15) is 13.2 Å². The van der Waals surface area contributed by atoms with Gasteiger partial charge in [-0.3, -0.25) is 9.10 Å². The van der Waals surface area contributed by atoms with Crippen LogP contribution in [0.5, 0.6) is 0 Å². The first kappa shape index (κ1) is 24.5. The molecule has 0 heterocycles. The molecule has 0 saturated heterocycles. The van der Waals surface area contributed by atoms with E-state index in [2.05, 4.69) is 5.32 Å². The molecule has 0 unspecified atom stereocenters. The minimum absolute atomic E-state index is 0.156. The molecule has 0 aliphatic heterocycles. The zero-order valence-electron chi connectivity index (χ0n) is 19.9. The molecule has 0 spiro atoms. The van der Waals surface area contributed by atoms with E-state index in [1.807, 2.05) is 76.2 Å². The molecule has 0 fully saturated rings. The lowest BCUT2D eigenvalue weighted by atomic mass is 9.94. The van der Waals surface area contributed by atoms with Crippen LogP contribution in [0.2, 0.25) is 0 Å². The van der Waals surface area contributed by atoms with E-state index in [0.717, 1.165) is 28.7 Å². The Morgan fingerprint density at radius 3 is 2.09 bits per heavy atom. The van der Waals surface area contributed by atoms with Crippen molar-refractivity contribution in [3.63, 3.8) is 0 Å². The monoisotopic (exact) mass is 464 g/mol. The summed E-state index contributed by atoms with van der Waals surface area (Å²) in [6.45, 7) is 8.16. The highest BCUT2D eigenvalue weighted by molar-refractivity contribution is 7.92. The standard InChI is InChI=1S/C27H32N2O3S/c1-20-11-16-25(17-21(20)2)29(33(5,31)32)19-23-12-14-24(15-13-23)26(30)28-27(3,4)18-22-9-7-6-8-10-22/h6-17H,18-19H2,1-5H3,(H,28,30). The van der Waals surface area contributed by atoms with E-state index in [-0.39, 0.29) is 12.5 Å². The summed E-state index contributed by atoms with van der Waals surface area (Å²) >= 11 is 0. The Labute approximate surface area is 197 Å². The highest BCUT2D eigenvalue weighted by Crippen LogP contribution is 2.24. The van der Waals surface area contributed by atoms with Gasteiger partial charge in [0.15, 0.2) is 0 Å². The molecule has 33 heavy (non-hydrogen) atoms. The quantitative estimate of drug-likeness (QED) is 0.509. The number of aryl methyl sites for hydroxylation is 2. The molecule has 0 aliphatic rings. The number of nitrogens with zero attached hydrogens (tertiary/aromatic N) is 1. The number of amides is 1. The molecule has 0 radical (unpaired) electrons. The van der Waals surface area contributed by atoms with Crippen molar-refractivity contribution in [2.24, 2.45) is 0 Å². The van der Waals surface area contributed by atoms with Gasteiger partial charge in [-0.15, -0.1) is 0 Å². The number of sulfonamides is 1. The molecule has 174 valence electrons. The number of anilines is 1. The molecular formula is C27H32N2O3S. The van der Waals surface area contributed by atoms with Gasteiger partial charge >= 0.3 is 0 Å². The van der Waals surface area contributed by atoms with Crippen molar-refractivity contribution in [3.8, 4) is 0 Å². The average Bonchev–Trinajstić information content (AvgIpc) is 2.73. The number of hydrogen-bond acceptors (Lipinski definition) is 3. The van der Waals surface area contributed by atoms with Crippen molar-refractivity contribution in [1.82, 2.24) is 5.32 Å². The third kappa shape index (κ3) is 6.68. The zero-order chi connectivity index (χ0) is 24.2. The van der Waals surface area contributed by atoms with Gasteiger partial charge in [-0.1, -0.05) is 48.5 Å². The molecule has 3 aromatic rings. The van der Waals surface area contributed by atoms with E-state index in [1.165, 1.54) is 10.6 Å². The molecule has 3 rings (SSSR count). The summed E-state index contributed by atoms with van der Waals surface area (Å²) in [6.07, 6.45) is 1.93. The van der Waals surface area contributed by atoms with E-state index in [1.54, 1.807) is 24.3 Å². The molecule has 0 saturated carbocycles. The summed E-state index contributed by atoms with van der Waals surface area (Å²) in [6, 6.07) is 22.8. The molecule has 3 aromatic carbocycles. The SMILES string of the molecule is Cc1ccc(N(Cc2ccc(C(=O)NC(C)(C)Cc3ccccc3)cc2)S(C)(=O)=O)cc1C. The Morgan fingerprint density at radius 1 is 0.879 bits per heavy atom. The lowest BCUT2D eigenvalue weighted by molar-refractivity contribution is 0.0913. The van der Waals surface area contributed by atoms with E-state index >= 15 is 0 Å². The predicted octanol–water partition coefficient (Wildman–Crippen LogP) is 5.02. The van der Waals surface area contributed by atoms with Gasteiger partial charge in [0.2, 0.25) is 10.0 Å². The third-order valence-corrected chi connectivity index (χ3v) is 6.80. The Bertz CT molecular complexity index is 1220. The van der Waals surface area contributed by atoms with Crippen molar-refractivity contribution < 1.29 is 13.2 Å². The molecule has 1 N–H and O–H groups in total. The van der Waals surface area contributed by atoms with Crippen LogP contribution in [0.15, 0.2) is 72.8 Å². The van der Waals surface area contributed by atoms with Gasteiger partial charge in [0, 0.05) is 11.1 Å². The highest BCUT2D eigenvalue weighted by atomic mass is 32.2. The van der Waals surface area contributed by atoms with Gasteiger partial charge in [-0.25, -0.2) is 8.42 Å². The number of benzene rings is 3. The van der Waals surface area contributed by atoms with Crippen LogP contribution in [-0.4, -0.2) is 26.1 Å². The van der Waals surface area contributed by atoms with Gasteiger partial charge in [0.25, 0.3) is 5.91 Å². The molecular weight excluding hydrogens is 432 g/mol. The first-order valence-corrected chi connectivity index (χ1v) is 12.8. The molecule has 0 aromatic heterocycles. The fraction of sp³-hybridized carbons (Fsp3) is 0.296. The van der Waals surface area contributed by atoms with Gasteiger partial charge in [0.1, 0.15) is 0 Å². The van der Waals surface area contributed by atoms with Gasteiger partial charge in [-0.2, -0.15) is 0 Å². The number of carbonyl (C=O) groups is 1. The topological polar surface area (TPSA) is 66.5 Å². The van der Waals surface area contributed by atoms with Crippen molar-refractivity contribution in [1.29, 1.82) is 0 Å². The van der Waals surface area contributed by atoms with Gasteiger partial charge in [0.05, 0.1) is 18.5 Å². The minimum Gasteiger partial charge on any atom is -0.347 e. The maximum absolute atomic E-state index is 12.8. The lowest BCUT2D eigenvalue weighted by Crippen LogP contribution is -2.45. The van der Waals surface area contributed by atoms with E-state index in [0.29, 0.717) is 11.3 Å². The lowest BCUT2D eigenvalue weighted by Gasteiger charge is -2.27. The average molecular weight is 465 g/mol. The summed E-state index contributed by atoms with van der Waals surface area (Å²) in [5, 5.41) is 3.10. The van der Waals surface area contributed by atoms with Crippen molar-refractivity contribution >= 4 is 21.6 Å². The van der Waals surface area contributed by atoms with Crippen LogP contribution < -0.4 is 9.62 Å². The van der Waals surface area contributed by atoms with Crippen LogP contribution in [0.3, 0.4) is 0 Å². The molecule has 5 nitrogen and oxygen atoms in total. The molecule has 0 bridgehead atoms. The summed E-state index contributed by atoms with van der Waals surface area (Å²) in [7, 11) is -3.47. The Hall–Kier alpha value is -3.12. The minimum atomic E-state index is -3.47. The van der Waals surface area contributed by atoms with Crippen LogP contribution in [0.4, 0.5) is 5.69 Å². The number of carbonyl (C=O) groups excluding carboxylic acids is 1. The second-order valence-corrected chi connectivity index (χ2v) is 11.1. The Morgan fingerprint density at radius 2 is 1.52 bits per heavy atom. The largest absolute Gasteiger partial charge is 0.347 e. The summed E-state index contributed by atoms with van der Waals surface area (Å²) in [5.41, 5.74) is 4.86. The van der Waals surface area contributed by atoms with Crippen molar-refractivity contribution in [3.05, 3.63) is 101 Å². The normalized spacial score (nSPS) is 11.8. The second kappa shape index (κ2) is 9.79. The fourth-order valence-corrected chi connectivity index (χ4v) is 4.62. The van der Waals surface area contributed by atoms with Gasteiger partial charge in [-0.05, 0) is 80.6 Å². The number of rotatable bonds is 8. The van der Waals surface area contributed by atoms with E-state index < -0.39 is 15.6 Å². The predicted molar refractivity (Wildman–Crippen MR) is 135 cm³/mol. The number of hydrogen-bond donors (Lipinski definition) is 1. The molecule has 1 amide bonds. The summed E-state index contributed by atoms with van der Waals surface area (Å²) < 4.78 is 26.3. The van der Waals surface area contributed by atoms with Crippen LogP contribution >= 0.6 is 0 Å². The molecule has 0 aliphatic carbocycles. The molecule has 0 atom stereocenters. The first-order chi connectivity index (χ1) is 15.4. The van der Waals surface area contributed by atoms with Crippen LogP contribution in [0.25, 0.3) is 0 Å². The first-order valence-electron chi connectivity index (χ1n) is 10.9. The maximum Gasteiger partial charge on any atom is 0.251 e. The van der Waals surface area contributed by atoms with Crippen molar-refractivity contribution in [2.45, 2.75) is 46.2 Å². The maximum atomic E-state index is 12.8. The van der Waals surface area contributed by atoms with Crippen LogP contribution in [0, 0.1) is 13.8 Å². The summed E-state index contributed by atoms with van der Waals surface area (Å²) in [4.78, 5) is 12.8. The Kier molecular flexibility index (Phi) is 7.28. The van der Waals surface area contributed by atoms with Crippen LogP contribution in [0.1, 0.15) is 46.5 Å². The Balaban J connectivity index is 1.72. The van der Waals surface area contributed by atoms with Crippen LogP contribution in [-0.2, 0) is 23.0 Å². The second-order valence-electron chi connectivity index (χ2n) is 9.24. The zero-order valence-corrected chi connectivity index (χ0v) is 20.7. The third-order valence-electron chi connectivity index (χ3n) is 5.66. The highest BCUT2D eigenvalue weighted by Gasteiger charge is 2.22. The summed E-state index contributed by atoms with van der Waals surface area (Å²) in [5.74, 6) is -0.156. The fourth-order valence-electron chi connectivity index (χ4n) is 3.74. The molecule has 6 heteroatoms. The number of nitrogens with one attached hydrogen (secondary N) is 1. The smallest absolute Gasteiger partial charge is 0.251 e. The van der Waals surface area contributed by atoms with Gasteiger partial charge < -0.3 is 5.32 Å². The van der Waals surface area contributed by atoms with Crippen molar-refractivity contribution in [2.75, 3.05) is 10.6 Å². The van der Waals surface area contributed by atoms with E-state index in [4.69, 9.17) is 0 Å².